The fourth-order valence-electron chi connectivity index (χ4n) is 2.56. The van der Waals surface area contributed by atoms with Crippen molar-refractivity contribution in [3.63, 3.8) is 0 Å². The van der Waals surface area contributed by atoms with E-state index in [2.05, 4.69) is 16.8 Å². The molecular formula is C13H17Cl2N3O. The minimum Gasteiger partial charge on any atom is -0.337 e. The molecule has 4 nitrogen and oxygen atoms in total. The number of likely N-dealkylation sites (N-methyl/N-ethyl adjacent to an activating group) is 1. The standard InChI is InChI=1S/C13H17Cl2N3O/c1-8-6-18(7-10(8)17(2)3)13(19)9-4-11(14)16-12(15)5-9/h4-5,8,10H,6-7H2,1-3H3. The SMILES string of the molecule is CC1CN(C(=O)c2cc(Cl)nc(Cl)c2)CC1N(C)C. The minimum atomic E-state index is -0.0394. The van der Waals surface area contributed by atoms with E-state index in [9.17, 15) is 4.79 Å². The molecule has 0 spiro atoms. The zero-order valence-electron chi connectivity index (χ0n) is 11.2. The van der Waals surface area contributed by atoms with E-state index < -0.39 is 0 Å². The Labute approximate surface area is 123 Å². The summed E-state index contributed by atoms with van der Waals surface area (Å²) >= 11 is 11.7. The van der Waals surface area contributed by atoms with Crippen LogP contribution >= 0.6 is 23.2 Å². The Morgan fingerprint density at radius 1 is 1.32 bits per heavy atom. The zero-order chi connectivity index (χ0) is 14.2. The molecule has 1 saturated heterocycles. The number of carbonyl (C=O) groups excluding carboxylic acids is 1. The Hall–Kier alpha value is -0.840. The first kappa shape index (κ1) is 14.6. The fraction of sp³-hybridized carbons (Fsp3) is 0.538. The molecule has 0 aliphatic carbocycles. The summed E-state index contributed by atoms with van der Waals surface area (Å²) in [7, 11) is 4.07. The first-order chi connectivity index (χ1) is 8.88. The van der Waals surface area contributed by atoms with Crippen molar-refractivity contribution >= 4 is 29.1 Å². The summed E-state index contributed by atoms with van der Waals surface area (Å²) in [5, 5.41) is 0.486. The molecule has 2 heterocycles. The van der Waals surface area contributed by atoms with Gasteiger partial charge >= 0.3 is 0 Å². The third-order valence-corrected chi connectivity index (χ3v) is 3.92. The number of aromatic nitrogens is 1. The van der Waals surface area contributed by atoms with E-state index in [1.165, 1.54) is 0 Å². The van der Waals surface area contributed by atoms with Crippen molar-refractivity contribution in [3.05, 3.63) is 28.0 Å². The van der Waals surface area contributed by atoms with E-state index in [1.54, 1.807) is 12.1 Å². The molecule has 6 heteroatoms. The molecule has 2 unspecified atom stereocenters. The van der Waals surface area contributed by atoms with Gasteiger partial charge in [-0.25, -0.2) is 4.98 Å². The van der Waals surface area contributed by atoms with Gasteiger partial charge in [0, 0.05) is 24.7 Å². The maximum atomic E-state index is 12.4. The Morgan fingerprint density at radius 3 is 2.37 bits per heavy atom. The fourth-order valence-corrected chi connectivity index (χ4v) is 3.02. The second kappa shape index (κ2) is 5.65. The molecule has 2 rings (SSSR count). The second-order valence-corrected chi connectivity index (χ2v) is 5.99. The molecule has 0 N–H and O–H groups in total. The molecule has 0 aromatic carbocycles. The van der Waals surface area contributed by atoms with Gasteiger partial charge in [0.2, 0.25) is 0 Å². The summed E-state index contributed by atoms with van der Waals surface area (Å²) in [6.45, 7) is 3.63. The molecule has 1 fully saturated rings. The number of pyridine rings is 1. The van der Waals surface area contributed by atoms with Crippen molar-refractivity contribution in [2.24, 2.45) is 5.92 Å². The van der Waals surface area contributed by atoms with Crippen LogP contribution in [0.5, 0.6) is 0 Å². The largest absolute Gasteiger partial charge is 0.337 e. The summed E-state index contributed by atoms with van der Waals surface area (Å²) in [5.74, 6) is 0.411. The lowest BCUT2D eigenvalue weighted by Crippen LogP contribution is -2.35. The van der Waals surface area contributed by atoms with E-state index in [4.69, 9.17) is 23.2 Å². The third-order valence-electron chi connectivity index (χ3n) is 3.53. The summed E-state index contributed by atoms with van der Waals surface area (Å²) in [4.78, 5) is 20.3. The van der Waals surface area contributed by atoms with Crippen LogP contribution in [0.1, 0.15) is 17.3 Å². The van der Waals surface area contributed by atoms with Gasteiger partial charge in [-0.15, -0.1) is 0 Å². The lowest BCUT2D eigenvalue weighted by molar-refractivity contribution is 0.0781. The number of halogens is 2. The number of carbonyl (C=O) groups is 1. The molecule has 2 atom stereocenters. The summed E-state index contributed by atoms with van der Waals surface area (Å²) in [6, 6.07) is 3.50. The normalized spacial score (nSPS) is 23.2. The number of hydrogen-bond donors (Lipinski definition) is 0. The quantitative estimate of drug-likeness (QED) is 0.787. The molecule has 1 aromatic heterocycles. The van der Waals surface area contributed by atoms with Gasteiger partial charge in [-0.1, -0.05) is 30.1 Å². The van der Waals surface area contributed by atoms with E-state index in [1.807, 2.05) is 19.0 Å². The monoisotopic (exact) mass is 301 g/mol. The first-order valence-corrected chi connectivity index (χ1v) is 6.93. The van der Waals surface area contributed by atoms with Gasteiger partial charge < -0.3 is 9.80 Å². The Balaban J connectivity index is 2.17. The maximum Gasteiger partial charge on any atom is 0.254 e. The summed E-state index contributed by atoms with van der Waals surface area (Å²) in [6.07, 6.45) is 0. The summed E-state index contributed by atoms with van der Waals surface area (Å²) < 4.78 is 0. The molecular weight excluding hydrogens is 285 g/mol. The molecule has 104 valence electrons. The van der Waals surface area contributed by atoms with Crippen molar-refractivity contribution in [2.75, 3.05) is 27.2 Å². The Morgan fingerprint density at radius 2 is 1.89 bits per heavy atom. The zero-order valence-corrected chi connectivity index (χ0v) is 12.7. The van der Waals surface area contributed by atoms with Gasteiger partial charge in [-0.05, 0) is 32.1 Å². The van der Waals surface area contributed by atoms with Crippen molar-refractivity contribution in [2.45, 2.75) is 13.0 Å². The molecule has 0 saturated carbocycles. The van der Waals surface area contributed by atoms with Gasteiger partial charge in [0.15, 0.2) is 0 Å². The van der Waals surface area contributed by atoms with E-state index in [0.717, 1.165) is 13.1 Å². The van der Waals surface area contributed by atoms with Gasteiger partial charge in [0.1, 0.15) is 10.3 Å². The Bertz CT molecular complexity index is 473. The van der Waals surface area contributed by atoms with Crippen LogP contribution in [0.4, 0.5) is 0 Å². The molecule has 1 aliphatic heterocycles. The van der Waals surface area contributed by atoms with Gasteiger partial charge in [-0.3, -0.25) is 4.79 Å². The van der Waals surface area contributed by atoms with Crippen LogP contribution in [-0.2, 0) is 0 Å². The predicted octanol–water partition coefficient (Wildman–Crippen LogP) is 2.41. The topological polar surface area (TPSA) is 36.4 Å². The van der Waals surface area contributed by atoms with Crippen LogP contribution in [0.15, 0.2) is 12.1 Å². The predicted molar refractivity (Wildman–Crippen MR) is 76.8 cm³/mol. The Kier molecular flexibility index (Phi) is 4.33. The number of amides is 1. The van der Waals surface area contributed by atoms with Gasteiger partial charge in [0.25, 0.3) is 5.91 Å². The number of rotatable bonds is 2. The van der Waals surface area contributed by atoms with Crippen LogP contribution in [0.25, 0.3) is 0 Å². The number of hydrogen-bond acceptors (Lipinski definition) is 3. The number of nitrogens with zero attached hydrogens (tertiary/aromatic N) is 3. The van der Waals surface area contributed by atoms with E-state index in [-0.39, 0.29) is 16.2 Å². The van der Waals surface area contributed by atoms with Crippen molar-refractivity contribution in [1.29, 1.82) is 0 Å². The van der Waals surface area contributed by atoms with Crippen LogP contribution < -0.4 is 0 Å². The minimum absolute atomic E-state index is 0.0394. The van der Waals surface area contributed by atoms with Crippen molar-refractivity contribution < 1.29 is 4.79 Å². The first-order valence-electron chi connectivity index (χ1n) is 6.17. The highest BCUT2D eigenvalue weighted by Crippen LogP contribution is 2.23. The highest BCUT2D eigenvalue weighted by Gasteiger charge is 2.34. The molecule has 19 heavy (non-hydrogen) atoms. The molecule has 1 aliphatic rings. The van der Waals surface area contributed by atoms with E-state index in [0.29, 0.717) is 17.5 Å². The molecule has 0 bridgehead atoms. The lowest BCUT2D eigenvalue weighted by Gasteiger charge is -2.22. The van der Waals surface area contributed by atoms with Gasteiger partial charge in [-0.2, -0.15) is 0 Å². The lowest BCUT2D eigenvalue weighted by atomic mass is 10.1. The van der Waals surface area contributed by atoms with Crippen LogP contribution in [0, 0.1) is 5.92 Å². The smallest absolute Gasteiger partial charge is 0.254 e. The number of likely N-dealkylation sites (tertiary alicyclic amines) is 1. The summed E-state index contributed by atoms with van der Waals surface area (Å²) in [5.41, 5.74) is 0.497. The van der Waals surface area contributed by atoms with Crippen LogP contribution in [0.2, 0.25) is 10.3 Å². The molecule has 1 aromatic rings. The average molecular weight is 302 g/mol. The highest BCUT2D eigenvalue weighted by atomic mass is 35.5. The third kappa shape index (κ3) is 3.19. The van der Waals surface area contributed by atoms with Crippen molar-refractivity contribution in [1.82, 2.24) is 14.8 Å². The van der Waals surface area contributed by atoms with E-state index >= 15 is 0 Å². The average Bonchev–Trinajstić information content (AvgIpc) is 2.69. The maximum absolute atomic E-state index is 12.4. The second-order valence-electron chi connectivity index (χ2n) is 5.22. The van der Waals surface area contributed by atoms with Crippen LogP contribution in [0.3, 0.4) is 0 Å². The highest BCUT2D eigenvalue weighted by molar-refractivity contribution is 6.33. The van der Waals surface area contributed by atoms with Gasteiger partial charge in [0.05, 0.1) is 0 Å². The van der Waals surface area contributed by atoms with Crippen molar-refractivity contribution in [3.8, 4) is 0 Å². The molecule has 0 radical (unpaired) electrons. The molecule has 1 amide bonds. The van der Waals surface area contributed by atoms with Crippen LogP contribution in [-0.4, -0.2) is 53.9 Å².